The SMILES string of the molecule is CCCCCCCOc1ccc2cc(C(=O)N3CCC(C(C)=O)CC3)ccc2c1. The number of fused-ring (bicyclic) bond motifs is 1. The second-order valence-electron chi connectivity index (χ2n) is 8.16. The minimum absolute atomic E-state index is 0.0568. The molecule has 0 N–H and O–H groups in total. The molecular weight excluding hydrogens is 362 g/mol. The van der Waals surface area contributed by atoms with Gasteiger partial charge in [0.25, 0.3) is 5.91 Å². The molecule has 1 fully saturated rings. The Kier molecular flexibility index (Phi) is 7.68. The van der Waals surface area contributed by atoms with Crippen molar-refractivity contribution in [3.8, 4) is 5.75 Å². The standard InChI is InChI=1S/C25H33NO3/c1-3-4-5-6-7-16-29-24-11-10-21-17-23(9-8-22(21)18-24)25(28)26-14-12-20(13-15-26)19(2)27/h8-11,17-18,20H,3-7,12-16H2,1-2H3. The maximum absolute atomic E-state index is 12.9. The summed E-state index contributed by atoms with van der Waals surface area (Å²) in [6.07, 6.45) is 7.68. The topological polar surface area (TPSA) is 46.6 Å². The Hall–Kier alpha value is -2.36. The number of unbranched alkanes of at least 4 members (excludes halogenated alkanes) is 4. The summed E-state index contributed by atoms with van der Waals surface area (Å²) in [5.41, 5.74) is 0.711. The van der Waals surface area contributed by atoms with E-state index in [0.717, 1.165) is 42.4 Å². The zero-order valence-corrected chi connectivity index (χ0v) is 17.8. The van der Waals surface area contributed by atoms with Gasteiger partial charge in [-0.2, -0.15) is 0 Å². The van der Waals surface area contributed by atoms with Gasteiger partial charge in [-0.3, -0.25) is 9.59 Å². The molecule has 0 aliphatic carbocycles. The Labute approximate surface area is 174 Å². The first-order valence-corrected chi connectivity index (χ1v) is 11.0. The Balaban J connectivity index is 1.57. The van der Waals surface area contributed by atoms with E-state index in [1.165, 1.54) is 25.7 Å². The van der Waals surface area contributed by atoms with Crippen LogP contribution in [0.5, 0.6) is 5.75 Å². The second kappa shape index (κ2) is 10.4. The summed E-state index contributed by atoms with van der Waals surface area (Å²) >= 11 is 0. The Morgan fingerprint density at radius 3 is 2.38 bits per heavy atom. The Morgan fingerprint density at radius 2 is 1.66 bits per heavy atom. The van der Waals surface area contributed by atoms with E-state index in [2.05, 4.69) is 6.92 Å². The van der Waals surface area contributed by atoms with Crippen molar-refractivity contribution in [1.29, 1.82) is 0 Å². The monoisotopic (exact) mass is 395 g/mol. The Morgan fingerprint density at radius 1 is 0.966 bits per heavy atom. The van der Waals surface area contributed by atoms with Crippen molar-refractivity contribution in [2.75, 3.05) is 19.7 Å². The molecule has 3 rings (SSSR count). The largest absolute Gasteiger partial charge is 0.494 e. The average Bonchev–Trinajstić information content (AvgIpc) is 2.75. The van der Waals surface area contributed by atoms with Crippen molar-refractivity contribution in [1.82, 2.24) is 4.90 Å². The summed E-state index contributed by atoms with van der Waals surface area (Å²) in [5.74, 6) is 1.29. The highest BCUT2D eigenvalue weighted by molar-refractivity contribution is 5.99. The molecule has 156 valence electrons. The van der Waals surface area contributed by atoms with E-state index in [4.69, 9.17) is 4.74 Å². The van der Waals surface area contributed by atoms with Gasteiger partial charge in [-0.15, -0.1) is 0 Å². The normalized spacial score (nSPS) is 14.9. The molecule has 1 saturated heterocycles. The van der Waals surface area contributed by atoms with Crippen molar-refractivity contribution in [2.24, 2.45) is 5.92 Å². The lowest BCUT2D eigenvalue weighted by atomic mass is 9.93. The number of nitrogens with zero attached hydrogens (tertiary/aromatic N) is 1. The number of rotatable bonds is 9. The minimum Gasteiger partial charge on any atom is -0.494 e. The van der Waals surface area contributed by atoms with Crippen LogP contribution in [0.1, 0.15) is 69.2 Å². The van der Waals surface area contributed by atoms with E-state index in [0.29, 0.717) is 18.7 Å². The van der Waals surface area contributed by atoms with E-state index < -0.39 is 0 Å². The van der Waals surface area contributed by atoms with Crippen LogP contribution in [0.15, 0.2) is 36.4 Å². The first-order valence-electron chi connectivity index (χ1n) is 11.0. The smallest absolute Gasteiger partial charge is 0.253 e. The van der Waals surface area contributed by atoms with E-state index in [1.807, 2.05) is 41.3 Å². The average molecular weight is 396 g/mol. The molecule has 0 radical (unpaired) electrons. The molecule has 2 aromatic carbocycles. The molecule has 0 unspecified atom stereocenters. The van der Waals surface area contributed by atoms with Gasteiger partial charge >= 0.3 is 0 Å². The van der Waals surface area contributed by atoms with Gasteiger partial charge < -0.3 is 9.64 Å². The van der Waals surface area contributed by atoms with Crippen LogP contribution in [-0.2, 0) is 4.79 Å². The van der Waals surface area contributed by atoms with Crippen LogP contribution in [0.4, 0.5) is 0 Å². The van der Waals surface area contributed by atoms with E-state index in [9.17, 15) is 9.59 Å². The van der Waals surface area contributed by atoms with Gasteiger partial charge in [0.15, 0.2) is 0 Å². The van der Waals surface area contributed by atoms with Gasteiger partial charge in [0.2, 0.25) is 0 Å². The number of benzene rings is 2. The number of hydrogen-bond acceptors (Lipinski definition) is 3. The zero-order chi connectivity index (χ0) is 20.6. The van der Waals surface area contributed by atoms with Crippen LogP contribution in [0.3, 0.4) is 0 Å². The van der Waals surface area contributed by atoms with Gasteiger partial charge in [0, 0.05) is 24.6 Å². The molecule has 1 amide bonds. The lowest BCUT2D eigenvalue weighted by Crippen LogP contribution is -2.39. The summed E-state index contributed by atoms with van der Waals surface area (Å²) in [4.78, 5) is 26.3. The summed E-state index contributed by atoms with van der Waals surface area (Å²) in [6.45, 7) is 5.94. The van der Waals surface area contributed by atoms with Crippen LogP contribution >= 0.6 is 0 Å². The van der Waals surface area contributed by atoms with Crippen molar-refractivity contribution in [3.63, 3.8) is 0 Å². The number of likely N-dealkylation sites (tertiary alicyclic amines) is 1. The number of amides is 1. The zero-order valence-electron chi connectivity index (χ0n) is 17.8. The first kappa shape index (κ1) is 21.4. The van der Waals surface area contributed by atoms with Crippen LogP contribution in [0.2, 0.25) is 0 Å². The molecule has 0 bridgehead atoms. The maximum Gasteiger partial charge on any atom is 0.253 e. The fraction of sp³-hybridized carbons (Fsp3) is 0.520. The molecule has 1 aliphatic rings. The highest BCUT2D eigenvalue weighted by atomic mass is 16.5. The van der Waals surface area contributed by atoms with Gasteiger partial charge in [-0.05, 0) is 61.2 Å². The number of piperidine rings is 1. The van der Waals surface area contributed by atoms with Crippen LogP contribution in [0, 0.1) is 5.92 Å². The van der Waals surface area contributed by atoms with Crippen LogP contribution < -0.4 is 4.74 Å². The number of carbonyl (C=O) groups excluding carboxylic acids is 2. The lowest BCUT2D eigenvalue weighted by Gasteiger charge is -2.31. The highest BCUT2D eigenvalue weighted by Gasteiger charge is 2.25. The highest BCUT2D eigenvalue weighted by Crippen LogP contribution is 2.25. The summed E-state index contributed by atoms with van der Waals surface area (Å²) in [5, 5.41) is 2.13. The summed E-state index contributed by atoms with van der Waals surface area (Å²) in [7, 11) is 0. The number of carbonyl (C=O) groups is 2. The third-order valence-corrected chi connectivity index (χ3v) is 5.93. The molecule has 2 aromatic rings. The molecule has 0 saturated carbocycles. The van der Waals surface area contributed by atoms with Crippen LogP contribution in [-0.4, -0.2) is 36.3 Å². The molecule has 4 heteroatoms. The molecule has 1 heterocycles. The fourth-order valence-corrected chi connectivity index (χ4v) is 4.01. The van der Waals surface area contributed by atoms with E-state index in [-0.39, 0.29) is 17.6 Å². The number of hydrogen-bond donors (Lipinski definition) is 0. The lowest BCUT2D eigenvalue weighted by molar-refractivity contribution is -0.121. The van der Waals surface area contributed by atoms with Crippen molar-refractivity contribution >= 4 is 22.5 Å². The van der Waals surface area contributed by atoms with Crippen molar-refractivity contribution < 1.29 is 14.3 Å². The van der Waals surface area contributed by atoms with Crippen LogP contribution in [0.25, 0.3) is 10.8 Å². The Bertz CT molecular complexity index is 837. The molecule has 0 spiro atoms. The van der Waals surface area contributed by atoms with E-state index >= 15 is 0 Å². The third-order valence-electron chi connectivity index (χ3n) is 5.93. The molecule has 1 aliphatic heterocycles. The molecule has 0 aromatic heterocycles. The summed E-state index contributed by atoms with van der Waals surface area (Å²) < 4.78 is 5.89. The molecule has 0 atom stereocenters. The van der Waals surface area contributed by atoms with Gasteiger partial charge in [0.1, 0.15) is 11.5 Å². The predicted molar refractivity (Wildman–Crippen MR) is 118 cm³/mol. The number of ketones is 1. The van der Waals surface area contributed by atoms with Crippen molar-refractivity contribution in [3.05, 3.63) is 42.0 Å². The number of Topliss-reactive ketones (excluding diaryl/α,β-unsaturated/α-hetero) is 1. The molecule has 29 heavy (non-hydrogen) atoms. The molecule has 4 nitrogen and oxygen atoms in total. The molecular formula is C25H33NO3. The predicted octanol–water partition coefficient (Wildman–Crippen LogP) is 5.63. The maximum atomic E-state index is 12.9. The number of ether oxygens (including phenoxy) is 1. The fourth-order valence-electron chi connectivity index (χ4n) is 4.01. The second-order valence-corrected chi connectivity index (χ2v) is 8.16. The first-order chi connectivity index (χ1) is 14.1. The third kappa shape index (κ3) is 5.81. The van der Waals surface area contributed by atoms with Crippen molar-refractivity contribution in [2.45, 2.75) is 58.8 Å². The summed E-state index contributed by atoms with van der Waals surface area (Å²) in [6, 6.07) is 11.9. The van der Waals surface area contributed by atoms with Gasteiger partial charge in [0.05, 0.1) is 6.61 Å². The van der Waals surface area contributed by atoms with Gasteiger partial charge in [-0.25, -0.2) is 0 Å². The van der Waals surface area contributed by atoms with Gasteiger partial charge in [-0.1, -0.05) is 44.7 Å². The quantitative estimate of drug-likeness (QED) is 0.517. The van der Waals surface area contributed by atoms with E-state index in [1.54, 1.807) is 6.92 Å². The minimum atomic E-state index is 0.0568.